The molecular weight excluding hydrogens is 240 g/mol. The lowest BCUT2D eigenvalue weighted by Crippen LogP contribution is -2.57. The van der Waals surface area contributed by atoms with Gasteiger partial charge in [-0.2, -0.15) is 0 Å². The number of hydrogen-bond acceptors (Lipinski definition) is 6. The Labute approximate surface area is 105 Å². The van der Waals surface area contributed by atoms with Crippen molar-refractivity contribution >= 4 is 0 Å². The van der Waals surface area contributed by atoms with Gasteiger partial charge in [0.2, 0.25) is 12.1 Å². The van der Waals surface area contributed by atoms with Crippen molar-refractivity contribution in [3.63, 3.8) is 0 Å². The lowest BCUT2D eigenvalue weighted by molar-refractivity contribution is -0.338. The lowest BCUT2D eigenvalue weighted by atomic mass is 9.78. The van der Waals surface area contributed by atoms with Gasteiger partial charge in [-0.05, 0) is 6.42 Å². The molecule has 2 N–H and O–H groups in total. The minimum absolute atomic E-state index is 0.0387. The molecule has 18 heavy (non-hydrogen) atoms. The molecule has 3 aliphatic heterocycles. The zero-order valence-corrected chi connectivity index (χ0v) is 10.0. The maximum absolute atomic E-state index is 10.1. The topological polar surface area (TPSA) is 77.4 Å². The Morgan fingerprint density at radius 2 is 2.00 bits per heavy atom. The summed E-state index contributed by atoms with van der Waals surface area (Å²) in [6, 6.07) is 0. The number of hydrogen-bond donors (Lipinski definition) is 2. The second kappa shape index (κ2) is 3.88. The van der Waals surface area contributed by atoms with E-state index in [4.69, 9.17) is 18.9 Å². The van der Waals surface area contributed by atoms with Crippen LogP contribution in [0.25, 0.3) is 0 Å². The molecule has 0 unspecified atom stereocenters. The van der Waals surface area contributed by atoms with Crippen molar-refractivity contribution in [3.8, 4) is 0 Å². The average molecular weight is 258 g/mol. The normalized spacial score (nSPS) is 53.0. The highest BCUT2D eigenvalue weighted by molar-refractivity contribution is 5.07. The van der Waals surface area contributed by atoms with Crippen LogP contribution in [0.3, 0.4) is 0 Å². The van der Waals surface area contributed by atoms with Crippen LogP contribution in [0.2, 0.25) is 0 Å². The first-order valence-corrected chi connectivity index (χ1v) is 6.60. The van der Waals surface area contributed by atoms with Crippen LogP contribution in [0.1, 0.15) is 6.42 Å². The predicted molar refractivity (Wildman–Crippen MR) is 57.4 cm³/mol. The first kappa shape index (κ1) is 11.6. The van der Waals surface area contributed by atoms with E-state index in [0.29, 0.717) is 26.2 Å². The zero-order valence-electron chi connectivity index (χ0n) is 10.0. The summed E-state index contributed by atoms with van der Waals surface area (Å²) < 4.78 is 23.1. The van der Waals surface area contributed by atoms with Crippen molar-refractivity contribution in [2.24, 2.45) is 17.8 Å². The molecule has 6 heteroatoms. The Hall–Kier alpha value is -0.240. The highest BCUT2D eigenvalue weighted by Gasteiger charge is 2.67. The predicted octanol–water partition coefficient (Wildman–Crippen LogP) is -0.910. The van der Waals surface area contributed by atoms with E-state index in [9.17, 15) is 10.2 Å². The first-order chi connectivity index (χ1) is 8.76. The highest BCUT2D eigenvalue weighted by atomic mass is 16.8. The molecule has 0 aromatic heterocycles. The quantitative estimate of drug-likeness (QED) is 0.634. The second-order valence-corrected chi connectivity index (χ2v) is 5.59. The SMILES string of the molecule is OC[C@H]1[C@H]2[C@@H](C[C@H]1O)C1(OCCO1)[C@@H]1OC[C@H]2O1. The maximum Gasteiger partial charge on any atom is 0.224 e. The Balaban J connectivity index is 1.74. The van der Waals surface area contributed by atoms with E-state index in [-0.39, 0.29) is 30.5 Å². The van der Waals surface area contributed by atoms with Gasteiger partial charge in [0.25, 0.3) is 0 Å². The molecule has 6 nitrogen and oxygen atoms in total. The van der Waals surface area contributed by atoms with Gasteiger partial charge in [0.1, 0.15) is 0 Å². The van der Waals surface area contributed by atoms with Crippen LogP contribution in [0.5, 0.6) is 0 Å². The number of rotatable bonds is 1. The number of aliphatic hydroxyl groups excluding tert-OH is 2. The molecular formula is C12H18O6. The fourth-order valence-corrected chi connectivity index (χ4v) is 4.16. The molecule has 3 heterocycles. The Morgan fingerprint density at radius 1 is 1.22 bits per heavy atom. The molecule has 0 aromatic rings. The van der Waals surface area contributed by atoms with Crippen LogP contribution in [-0.2, 0) is 18.9 Å². The van der Waals surface area contributed by atoms with E-state index < -0.39 is 18.2 Å². The molecule has 4 fully saturated rings. The molecule has 0 aromatic carbocycles. The van der Waals surface area contributed by atoms with E-state index in [1.165, 1.54) is 0 Å². The Morgan fingerprint density at radius 3 is 2.72 bits per heavy atom. The van der Waals surface area contributed by atoms with Crippen molar-refractivity contribution in [3.05, 3.63) is 0 Å². The molecule has 1 saturated carbocycles. The van der Waals surface area contributed by atoms with E-state index in [2.05, 4.69) is 0 Å². The summed E-state index contributed by atoms with van der Waals surface area (Å²) in [6.45, 7) is 1.50. The minimum atomic E-state index is -0.872. The monoisotopic (exact) mass is 258 g/mol. The molecule has 4 aliphatic rings. The molecule has 2 bridgehead atoms. The van der Waals surface area contributed by atoms with Crippen LogP contribution >= 0.6 is 0 Å². The van der Waals surface area contributed by atoms with Crippen molar-refractivity contribution in [2.75, 3.05) is 26.4 Å². The fraction of sp³-hybridized carbons (Fsp3) is 1.00. The van der Waals surface area contributed by atoms with Gasteiger partial charge in [-0.1, -0.05) is 0 Å². The van der Waals surface area contributed by atoms with E-state index >= 15 is 0 Å². The molecule has 4 rings (SSSR count). The summed E-state index contributed by atoms with van der Waals surface area (Å²) in [5.74, 6) is -0.963. The first-order valence-electron chi connectivity index (χ1n) is 6.60. The average Bonchev–Trinajstić information content (AvgIpc) is 3.02. The summed E-state index contributed by atoms with van der Waals surface area (Å²) in [7, 11) is 0. The third-order valence-electron chi connectivity index (χ3n) is 4.88. The van der Waals surface area contributed by atoms with E-state index in [0.717, 1.165) is 0 Å². The molecule has 1 spiro atoms. The molecule has 0 radical (unpaired) electrons. The summed E-state index contributed by atoms with van der Waals surface area (Å²) in [4.78, 5) is 0. The largest absolute Gasteiger partial charge is 0.396 e. The van der Waals surface area contributed by atoms with Gasteiger partial charge in [-0.3, -0.25) is 0 Å². The van der Waals surface area contributed by atoms with Gasteiger partial charge in [0, 0.05) is 24.4 Å². The lowest BCUT2D eigenvalue weighted by Gasteiger charge is -2.44. The van der Waals surface area contributed by atoms with Crippen molar-refractivity contribution in [1.29, 1.82) is 0 Å². The van der Waals surface area contributed by atoms with Gasteiger partial charge in [-0.15, -0.1) is 0 Å². The third-order valence-corrected chi connectivity index (χ3v) is 4.88. The summed E-state index contributed by atoms with van der Waals surface area (Å²) in [5.41, 5.74) is 0. The summed E-state index contributed by atoms with van der Waals surface area (Å²) in [6.07, 6.45) is -0.489. The van der Waals surface area contributed by atoms with Gasteiger partial charge < -0.3 is 29.2 Å². The van der Waals surface area contributed by atoms with Crippen molar-refractivity contribution in [1.82, 2.24) is 0 Å². The van der Waals surface area contributed by atoms with E-state index in [1.54, 1.807) is 0 Å². The third kappa shape index (κ3) is 1.28. The zero-order chi connectivity index (χ0) is 12.3. The van der Waals surface area contributed by atoms with Crippen LogP contribution in [-0.4, -0.2) is 60.9 Å². The Bertz CT molecular complexity index is 341. The summed E-state index contributed by atoms with van der Waals surface area (Å²) in [5, 5.41) is 19.6. The fourth-order valence-electron chi connectivity index (χ4n) is 4.16. The molecule has 102 valence electrons. The molecule has 6 atom stereocenters. The van der Waals surface area contributed by atoms with Gasteiger partial charge in [0.05, 0.1) is 32.0 Å². The van der Waals surface area contributed by atoms with Crippen LogP contribution in [0.15, 0.2) is 0 Å². The maximum atomic E-state index is 10.1. The van der Waals surface area contributed by atoms with Crippen molar-refractivity contribution < 1.29 is 29.2 Å². The Kier molecular flexibility index (Phi) is 2.49. The minimum Gasteiger partial charge on any atom is -0.396 e. The van der Waals surface area contributed by atoms with Gasteiger partial charge in [0.15, 0.2) is 0 Å². The van der Waals surface area contributed by atoms with Crippen LogP contribution in [0, 0.1) is 17.8 Å². The molecule has 3 saturated heterocycles. The molecule has 1 aliphatic carbocycles. The van der Waals surface area contributed by atoms with Crippen LogP contribution in [0.4, 0.5) is 0 Å². The standard InChI is InChI=1S/C12H18O6/c13-4-6-8(14)3-7-10(6)9-5-15-11(18-9)12(7)16-1-2-17-12/h6-11,13-14H,1-5H2/t6-,7-,8-,9-,10+,11-/m1/s1. The number of fused-ring (bicyclic) bond motifs is 6. The van der Waals surface area contributed by atoms with Gasteiger partial charge in [-0.25, -0.2) is 0 Å². The number of ether oxygens (including phenoxy) is 4. The van der Waals surface area contributed by atoms with Gasteiger partial charge >= 0.3 is 0 Å². The number of aliphatic hydroxyl groups is 2. The van der Waals surface area contributed by atoms with Crippen LogP contribution < -0.4 is 0 Å². The smallest absolute Gasteiger partial charge is 0.224 e. The highest BCUT2D eigenvalue weighted by Crippen LogP contribution is 2.55. The molecule has 0 amide bonds. The summed E-state index contributed by atoms with van der Waals surface area (Å²) >= 11 is 0. The van der Waals surface area contributed by atoms with E-state index in [1.807, 2.05) is 0 Å². The second-order valence-electron chi connectivity index (χ2n) is 5.59. The van der Waals surface area contributed by atoms with Crippen molar-refractivity contribution in [2.45, 2.75) is 30.7 Å².